The van der Waals surface area contributed by atoms with E-state index in [2.05, 4.69) is 12.2 Å². The Labute approximate surface area is 339 Å². The SMILES string of the molecule is CCC1(C2CCNC2)C(c2ccc(Cl)c(Cl)c2)C(C(N)=O)(c2ccccc2)CCN1C(=O)c1cc(OC)c(OC)c(OC)c1.O=C(O)CC(O)(CC(=O)O)C(=O)O. The molecule has 3 aromatic rings. The average Bonchev–Trinajstić information content (AvgIpc) is 3.73. The van der Waals surface area contributed by atoms with Crippen molar-refractivity contribution in [2.75, 3.05) is 41.0 Å². The fourth-order valence-electron chi connectivity index (χ4n) is 8.53. The third-order valence-corrected chi connectivity index (χ3v) is 11.7. The van der Waals surface area contributed by atoms with Gasteiger partial charge in [0.15, 0.2) is 17.1 Å². The van der Waals surface area contributed by atoms with Crippen LogP contribution in [0.5, 0.6) is 17.2 Å². The number of carbonyl (C=O) groups is 5. The van der Waals surface area contributed by atoms with Crippen LogP contribution in [0.2, 0.25) is 10.0 Å². The van der Waals surface area contributed by atoms with Gasteiger partial charge in [-0.1, -0.05) is 66.5 Å². The summed E-state index contributed by atoms with van der Waals surface area (Å²) >= 11 is 13.1. The van der Waals surface area contributed by atoms with E-state index in [-0.39, 0.29) is 11.8 Å². The highest BCUT2D eigenvalue weighted by atomic mass is 35.5. The van der Waals surface area contributed by atoms with Crippen LogP contribution in [0.1, 0.15) is 66.4 Å². The number of aliphatic hydroxyl groups is 1. The van der Waals surface area contributed by atoms with Crippen molar-refractivity contribution in [3.63, 3.8) is 0 Å². The Hall–Kier alpha value is -5.09. The van der Waals surface area contributed by atoms with E-state index in [1.807, 2.05) is 47.4 Å². The van der Waals surface area contributed by atoms with Crippen LogP contribution in [0.3, 0.4) is 0 Å². The van der Waals surface area contributed by atoms with Gasteiger partial charge in [-0.15, -0.1) is 0 Å². The number of methoxy groups -OCH3 is 3. The molecular weight excluding hydrogens is 785 g/mol. The number of likely N-dealkylation sites (tertiary alicyclic amines) is 1. The summed E-state index contributed by atoms with van der Waals surface area (Å²) in [5, 5.41) is 38.1. The van der Waals surface area contributed by atoms with Crippen molar-refractivity contribution in [1.29, 1.82) is 0 Å². The van der Waals surface area contributed by atoms with Crippen LogP contribution in [0.25, 0.3) is 0 Å². The van der Waals surface area contributed by atoms with Crippen molar-refractivity contribution in [3.05, 3.63) is 87.4 Å². The number of hydrogen-bond donors (Lipinski definition) is 6. The molecule has 2 saturated heterocycles. The summed E-state index contributed by atoms with van der Waals surface area (Å²) in [6.07, 6.45) is -0.602. The molecule has 0 aromatic heterocycles. The van der Waals surface area contributed by atoms with Gasteiger partial charge in [0.2, 0.25) is 11.7 Å². The van der Waals surface area contributed by atoms with Gasteiger partial charge in [0.25, 0.3) is 5.91 Å². The first-order chi connectivity index (χ1) is 27.0. The number of rotatable bonds is 14. The molecule has 2 heterocycles. The minimum Gasteiger partial charge on any atom is -0.493 e. The average molecular weight is 833 g/mol. The first-order valence-electron chi connectivity index (χ1n) is 18.0. The molecule has 4 unspecified atom stereocenters. The van der Waals surface area contributed by atoms with E-state index in [9.17, 15) is 24.0 Å². The Balaban J connectivity index is 0.000000476. The minimum atomic E-state index is -2.74. The lowest BCUT2D eigenvalue weighted by Crippen LogP contribution is -2.70. The van der Waals surface area contributed by atoms with Crippen molar-refractivity contribution in [3.8, 4) is 17.2 Å². The molecule has 0 saturated carbocycles. The second-order valence-corrected chi connectivity index (χ2v) is 14.8. The number of nitrogens with zero attached hydrogens (tertiary/aromatic N) is 1. The molecule has 2 aliphatic heterocycles. The Morgan fingerprint density at radius 3 is 1.93 bits per heavy atom. The highest BCUT2D eigenvalue weighted by molar-refractivity contribution is 6.42. The Bertz CT molecular complexity index is 1930. The van der Waals surface area contributed by atoms with Crippen LogP contribution in [-0.2, 0) is 24.6 Å². The van der Waals surface area contributed by atoms with Crippen molar-refractivity contribution in [2.45, 2.75) is 61.5 Å². The molecular formula is C40H47Cl2N3O12. The van der Waals surface area contributed by atoms with Crippen LogP contribution in [0.15, 0.2) is 60.7 Å². The van der Waals surface area contributed by atoms with E-state index in [4.69, 9.17) is 63.6 Å². The van der Waals surface area contributed by atoms with Crippen molar-refractivity contribution >= 4 is 52.9 Å². The topological polar surface area (TPSA) is 235 Å². The van der Waals surface area contributed by atoms with E-state index in [0.717, 1.165) is 24.1 Å². The van der Waals surface area contributed by atoms with Crippen LogP contribution in [0, 0.1) is 5.92 Å². The molecule has 3 aromatic carbocycles. The summed E-state index contributed by atoms with van der Waals surface area (Å²) in [5.41, 5.74) is 3.77. The van der Waals surface area contributed by atoms with E-state index in [0.29, 0.717) is 58.8 Å². The second kappa shape index (κ2) is 18.4. The lowest BCUT2D eigenvalue weighted by atomic mass is 9.51. The summed E-state index contributed by atoms with van der Waals surface area (Å²) in [5.74, 6) is -5.04. The van der Waals surface area contributed by atoms with Gasteiger partial charge in [-0.25, -0.2) is 4.79 Å². The number of amides is 2. The van der Waals surface area contributed by atoms with Gasteiger partial charge in [0.1, 0.15) is 0 Å². The second-order valence-electron chi connectivity index (χ2n) is 13.9. The Kier molecular flexibility index (Phi) is 14.4. The van der Waals surface area contributed by atoms with Gasteiger partial charge >= 0.3 is 17.9 Å². The van der Waals surface area contributed by atoms with Crippen molar-refractivity contribution in [1.82, 2.24) is 10.2 Å². The number of ether oxygens (including phenoxy) is 3. The first kappa shape index (κ1) is 44.6. The van der Waals surface area contributed by atoms with E-state index in [1.165, 1.54) is 21.3 Å². The predicted molar refractivity (Wildman–Crippen MR) is 209 cm³/mol. The van der Waals surface area contributed by atoms with Gasteiger partial charge in [-0.05, 0) is 67.1 Å². The Morgan fingerprint density at radius 1 is 0.895 bits per heavy atom. The van der Waals surface area contributed by atoms with Gasteiger partial charge in [-0.3, -0.25) is 19.2 Å². The zero-order valence-electron chi connectivity index (χ0n) is 31.9. The maximum Gasteiger partial charge on any atom is 0.336 e. The maximum atomic E-state index is 14.9. The van der Waals surface area contributed by atoms with Crippen LogP contribution < -0.4 is 25.3 Å². The zero-order chi connectivity index (χ0) is 42.3. The number of aliphatic carboxylic acids is 3. The molecule has 4 atom stereocenters. The molecule has 2 fully saturated rings. The fraction of sp³-hybridized carbons (Fsp3) is 0.425. The minimum absolute atomic E-state index is 0.000630. The number of carbonyl (C=O) groups excluding carboxylic acids is 2. The third-order valence-electron chi connectivity index (χ3n) is 11.0. The number of piperidine rings is 1. The lowest BCUT2D eigenvalue weighted by Gasteiger charge is -2.61. The summed E-state index contributed by atoms with van der Waals surface area (Å²) in [4.78, 5) is 61.3. The molecule has 0 aliphatic carbocycles. The van der Waals surface area contributed by atoms with Gasteiger partial charge in [0, 0.05) is 24.6 Å². The zero-order valence-corrected chi connectivity index (χ0v) is 33.4. The van der Waals surface area contributed by atoms with E-state index < -0.39 is 59.1 Å². The lowest BCUT2D eigenvalue weighted by molar-refractivity contribution is -0.170. The summed E-state index contributed by atoms with van der Waals surface area (Å²) < 4.78 is 16.7. The summed E-state index contributed by atoms with van der Waals surface area (Å²) in [6.45, 7) is 3.85. The van der Waals surface area contributed by atoms with Gasteiger partial charge in [0.05, 0.1) is 55.2 Å². The highest BCUT2D eigenvalue weighted by Crippen LogP contribution is 2.59. The number of primary amides is 1. The van der Waals surface area contributed by atoms with E-state index >= 15 is 0 Å². The fourth-order valence-corrected chi connectivity index (χ4v) is 8.84. The molecule has 2 amide bonds. The molecule has 5 rings (SSSR count). The molecule has 2 aliphatic rings. The summed E-state index contributed by atoms with van der Waals surface area (Å²) in [6, 6.07) is 18.5. The number of carboxylic acids is 3. The number of halogens is 2. The molecule has 15 nitrogen and oxygen atoms in total. The molecule has 0 spiro atoms. The van der Waals surface area contributed by atoms with Crippen molar-refractivity contribution < 1.29 is 58.6 Å². The number of hydrogen-bond acceptors (Lipinski definition) is 10. The largest absolute Gasteiger partial charge is 0.493 e. The van der Waals surface area contributed by atoms with Gasteiger partial charge in [-0.2, -0.15) is 0 Å². The normalized spacial score (nSPS) is 21.8. The molecule has 57 heavy (non-hydrogen) atoms. The van der Waals surface area contributed by atoms with Crippen molar-refractivity contribution in [2.24, 2.45) is 11.7 Å². The standard InChI is InChI=1S/C34H39Cl2N3O5.C6H8O7/c1-5-34(24-13-15-38-20-24)30(21-11-12-25(35)26(36)17-21)33(32(37)41,23-9-7-6-8-10-23)14-16-39(34)31(40)22-18-27(42-2)29(44-4)28(19-22)43-3;7-3(8)1-6(13,5(11)12)2-4(9)10/h6-12,17-19,24,30,38H,5,13-16,20H2,1-4H3,(H2,37,41);13H,1-2H2,(H,7,8)(H,9,10)(H,11,12). The van der Waals surface area contributed by atoms with E-state index in [1.54, 1.807) is 18.2 Å². The maximum absolute atomic E-state index is 14.9. The van der Waals surface area contributed by atoms with Gasteiger partial charge < -0.3 is 50.6 Å². The Morgan fingerprint density at radius 2 is 1.49 bits per heavy atom. The highest BCUT2D eigenvalue weighted by Gasteiger charge is 2.64. The molecule has 17 heteroatoms. The van der Waals surface area contributed by atoms with Crippen LogP contribution >= 0.6 is 23.2 Å². The first-order valence-corrected chi connectivity index (χ1v) is 18.7. The smallest absolute Gasteiger partial charge is 0.336 e. The third kappa shape index (κ3) is 8.76. The molecule has 7 N–H and O–H groups in total. The van der Waals surface area contributed by atoms with Crippen LogP contribution in [0.4, 0.5) is 0 Å². The number of benzene rings is 3. The number of nitrogens with one attached hydrogen (secondary N) is 1. The molecule has 0 radical (unpaired) electrons. The van der Waals surface area contributed by atoms with Crippen LogP contribution in [-0.4, -0.2) is 107 Å². The number of carboxylic acid groups (broad SMARTS) is 3. The monoisotopic (exact) mass is 831 g/mol. The quantitative estimate of drug-likeness (QED) is 0.131. The molecule has 0 bridgehead atoms. The molecule has 308 valence electrons. The predicted octanol–water partition coefficient (Wildman–Crippen LogP) is 4.58. The summed E-state index contributed by atoms with van der Waals surface area (Å²) in [7, 11) is 4.57. The number of nitrogens with two attached hydrogens (primary N) is 1.